The molecule has 0 aliphatic rings. The number of primary amides is 1. The van der Waals surface area contributed by atoms with Gasteiger partial charge in [0.05, 0.1) is 24.7 Å². The highest BCUT2D eigenvalue weighted by molar-refractivity contribution is 5.94. The Bertz CT molecular complexity index is 1360. The van der Waals surface area contributed by atoms with E-state index < -0.39 is 30.6 Å². The Morgan fingerprint density at radius 3 is 2.65 bits per heavy atom. The number of carbonyl (C=O) groups excluding carboxylic acids is 1. The number of alkyl halides is 3. The lowest BCUT2D eigenvalue weighted by molar-refractivity contribution is -0.126. The number of carbonyl (C=O) groups is 1. The molecule has 1 atom stereocenters. The van der Waals surface area contributed by atoms with Gasteiger partial charge in [0.25, 0.3) is 0 Å². The quantitative estimate of drug-likeness (QED) is 0.323. The van der Waals surface area contributed by atoms with Crippen molar-refractivity contribution in [2.45, 2.75) is 32.5 Å². The van der Waals surface area contributed by atoms with Crippen molar-refractivity contribution in [2.75, 3.05) is 18.1 Å². The first-order valence-corrected chi connectivity index (χ1v) is 11.7. The molecule has 0 radical (unpaired) electrons. The summed E-state index contributed by atoms with van der Waals surface area (Å²) >= 11 is 0. The highest BCUT2D eigenvalue weighted by Gasteiger charge is 2.37. The molecule has 0 saturated carbocycles. The number of hydrogen-bond acceptors (Lipinski definition) is 6. The minimum atomic E-state index is -4.55. The SMILES string of the molecule is CC(C)[C@@H](C(N)=O)N(CC(F)(F)F)c1cncc(-c2c[nH]c3ncc(OCCc4ccccn4)cc23)c1. The maximum absolute atomic E-state index is 13.5. The number of nitrogens with two attached hydrogens (primary N) is 1. The van der Waals surface area contributed by atoms with Crippen LogP contribution in [0.5, 0.6) is 5.75 Å². The lowest BCUT2D eigenvalue weighted by atomic mass is 10.0. The van der Waals surface area contributed by atoms with Crippen molar-refractivity contribution in [2.24, 2.45) is 11.7 Å². The van der Waals surface area contributed by atoms with E-state index in [4.69, 9.17) is 10.5 Å². The van der Waals surface area contributed by atoms with Crippen molar-refractivity contribution in [1.82, 2.24) is 19.9 Å². The first kappa shape index (κ1) is 25.9. The summed E-state index contributed by atoms with van der Waals surface area (Å²) < 4.78 is 46.3. The normalized spacial score (nSPS) is 12.6. The van der Waals surface area contributed by atoms with Crippen LogP contribution in [0.4, 0.5) is 18.9 Å². The maximum Gasteiger partial charge on any atom is 0.405 e. The molecule has 37 heavy (non-hydrogen) atoms. The van der Waals surface area contributed by atoms with Gasteiger partial charge in [0, 0.05) is 47.2 Å². The van der Waals surface area contributed by atoms with E-state index in [1.54, 1.807) is 44.7 Å². The van der Waals surface area contributed by atoms with E-state index in [9.17, 15) is 18.0 Å². The van der Waals surface area contributed by atoms with Crippen molar-refractivity contribution < 1.29 is 22.7 Å². The maximum atomic E-state index is 13.5. The third-order valence-corrected chi connectivity index (χ3v) is 5.83. The zero-order chi connectivity index (χ0) is 26.6. The Kier molecular flexibility index (Phi) is 7.61. The number of anilines is 1. The fourth-order valence-corrected chi connectivity index (χ4v) is 4.24. The van der Waals surface area contributed by atoms with Crippen LogP contribution in [-0.2, 0) is 11.2 Å². The highest BCUT2D eigenvalue weighted by Crippen LogP contribution is 2.33. The van der Waals surface area contributed by atoms with Gasteiger partial charge in [-0.15, -0.1) is 0 Å². The van der Waals surface area contributed by atoms with Crippen molar-refractivity contribution in [3.05, 3.63) is 67.0 Å². The molecule has 0 fully saturated rings. The lowest BCUT2D eigenvalue weighted by Crippen LogP contribution is -2.51. The smallest absolute Gasteiger partial charge is 0.405 e. The molecule has 1 amide bonds. The standard InChI is InChI=1S/C26H27F3N6O2/c1-16(2)23(24(30)36)35(15-26(27,28)29)19-9-17(11-31-12-19)22-14-34-25-21(22)10-20(13-33-25)37-8-6-18-5-3-4-7-32-18/h3-5,7,9-14,16,23H,6,8,15H2,1-2H3,(H2,30,36)(H,33,34)/t23-/m0/s1. The van der Waals surface area contributed by atoms with Crippen molar-refractivity contribution in [3.8, 4) is 16.9 Å². The molecule has 194 valence electrons. The average molecular weight is 513 g/mol. The minimum absolute atomic E-state index is 0.136. The number of fused-ring (bicyclic) bond motifs is 1. The summed E-state index contributed by atoms with van der Waals surface area (Å²) in [6, 6.07) is 7.88. The van der Waals surface area contributed by atoms with E-state index in [0.29, 0.717) is 40.9 Å². The molecular formula is C26H27F3N6O2. The summed E-state index contributed by atoms with van der Waals surface area (Å²) in [4.78, 5) is 29.0. The van der Waals surface area contributed by atoms with Crippen molar-refractivity contribution in [3.63, 3.8) is 0 Å². The zero-order valence-electron chi connectivity index (χ0n) is 20.4. The first-order valence-electron chi connectivity index (χ1n) is 11.7. The molecule has 4 rings (SSSR count). The molecule has 0 aliphatic carbocycles. The average Bonchev–Trinajstić information content (AvgIpc) is 3.26. The van der Waals surface area contributed by atoms with Crippen molar-refractivity contribution in [1.29, 1.82) is 0 Å². The zero-order valence-corrected chi connectivity index (χ0v) is 20.4. The topological polar surface area (TPSA) is 110 Å². The largest absolute Gasteiger partial charge is 0.492 e. The summed E-state index contributed by atoms with van der Waals surface area (Å²) in [5, 5.41) is 0.715. The number of amides is 1. The monoisotopic (exact) mass is 512 g/mol. The Labute approximate surface area is 211 Å². The Morgan fingerprint density at radius 2 is 1.97 bits per heavy atom. The lowest BCUT2D eigenvalue weighted by Gasteiger charge is -2.34. The molecule has 4 heterocycles. The van der Waals surface area contributed by atoms with Gasteiger partial charge in [0.15, 0.2) is 0 Å². The number of pyridine rings is 3. The van der Waals surface area contributed by atoms with Crippen LogP contribution >= 0.6 is 0 Å². The molecule has 0 saturated heterocycles. The van der Waals surface area contributed by atoms with Crippen LogP contribution < -0.4 is 15.4 Å². The highest BCUT2D eigenvalue weighted by atomic mass is 19.4. The van der Waals surface area contributed by atoms with E-state index in [2.05, 4.69) is 19.9 Å². The molecule has 0 unspecified atom stereocenters. The Morgan fingerprint density at radius 1 is 1.16 bits per heavy atom. The second kappa shape index (κ2) is 10.9. The molecule has 0 bridgehead atoms. The van der Waals surface area contributed by atoms with E-state index in [0.717, 1.165) is 10.6 Å². The number of nitrogens with one attached hydrogen (secondary N) is 1. The number of ether oxygens (including phenoxy) is 1. The van der Waals surface area contributed by atoms with Crippen LogP contribution in [0.15, 0.2) is 61.3 Å². The van der Waals surface area contributed by atoms with E-state index in [-0.39, 0.29) is 5.69 Å². The number of nitrogens with zero attached hydrogens (tertiary/aromatic N) is 4. The molecule has 0 aliphatic heterocycles. The number of halogens is 3. The van der Waals surface area contributed by atoms with Crippen LogP contribution in [-0.4, -0.2) is 51.2 Å². The third-order valence-electron chi connectivity index (χ3n) is 5.83. The number of hydrogen-bond donors (Lipinski definition) is 2. The number of H-pyrrole nitrogens is 1. The fraction of sp³-hybridized carbons (Fsp3) is 0.308. The molecule has 3 N–H and O–H groups in total. The van der Waals surface area contributed by atoms with E-state index in [1.165, 1.54) is 6.20 Å². The summed E-state index contributed by atoms with van der Waals surface area (Å²) in [6.07, 6.45) is 3.94. The summed E-state index contributed by atoms with van der Waals surface area (Å²) in [6.45, 7) is 2.36. The second-order valence-electron chi connectivity index (χ2n) is 8.96. The van der Waals surface area contributed by atoms with Gasteiger partial charge in [-0.05, 0) is 30.2 Å². The molecule has 0 aromatic carbocycles. The third kappa shape index (κ3) is 6.35. The second-order valence-corrected chi connectivity index (χ2v) is 8.96. The molecule has 11 heteroatoms. The van der Waals surface area contributed by atoms with Gasteiger partial charge < -0.3 is 20.4 Å². The van der Waals surface area contributed by atoms with Gasteiger partial charge in [-0.2, -0.15) is 13.2 Å². The molecule has 4 aromatic rings. The first-order chi connectivity index (χ1) is 17.6. The predicted molar refractivity (Wildman–Crippen MR) is 134 cm³/mol. The molecule has 8 nitrogen and oxygen atoms in total. The van der Waals surface area contributed by atoms with Gasteiger partial charge in [-0.3, -0.25) is 14.8 Å². The van der Waals surface area contributed by atoms with Gasteiger partial charge in [0.2, 0.25) is 5.91 Å². The minimum Gasteiger partial charge on any atom is -0.492 e. The number of aromatic nitrogens is 4. The number of rotatable bonds is 10. The number of aromatic amines is 1. The van der Waals surface area contributed by atoms with Gasteiger partial charge in [-0.1, -0.05) is 19.9 Å². The van der Waals surface area contributed by atoms with Crippen LogP contribution in [0.1, 0.15) is 19.5 Å². The van der Waals surface area contributed by atoms with Crippen LogP contribution in [0.2, 0.25) is 0 Å². The summed E-state index contributed by atoms with van der Waals surface area (Å²) in [5.74, 6) is -0.749. The fourth-order valence-electron chi connectivity index (χ4n) is 4.24. The van der Waals surface area contributed by atoms with Crippen LogP contribution in [0.25, 0.3) is 22.2 Å². The van der Waals surface area contributed by atoms with Gasteiger partial charge in [0.1, 0.15) is 24.0 Å². The predicted octanol–water partition coefficient (Wildman–Crippen LogP) is 4.52. The van der Waals surface area contributed by atoms with E-state index in [1.807, 2.05) is 24.3 Å². The van der Waals surface area contributed by atoms with Crippen LogP contribution in [0, 0.1) is 5.92 Å². The van der Waals surface area contributed by atoms with Gasteiger partial charge in [-0.25, -0.2) is 4.98 Å². The van der Waals surface area contributed by atoms with Crippen molar-refractivity contribution >= 4 is 22.6 Å². The van der Waals surface area contributed by atoms with Crippen LogP contribution in [0.3, 0.4) is 0 Å². The molecule has 4 aromatic heterocycles. The summed E-state index contributed by atoms with van der Waals surface area (Å²) in [7, 11) is 0. The Hall–Kier alpha value is -4.15. The van der Waals surface area contributed by atoms with Gasteiger partial charge >= 0.3 is 6.18 Å². The summed E-state index contributed by atoms with van der Waals surface area (Å²) in [5.41, 5.74) is 8.35. The van der Waals surface area contributed by atoms with E-state index >= 15 is 0 Å². The Balaban J connectivity index is 1.64. The molecular weight excluding hydrogens is 485 g/mol. The molecule has 0 spiro atoms.